The Balaban J connectivity index is 1.94. The van der Waals surface area contributed by atoms with Crippen molar-refractivity contribution in [3.63, 3.8) is 0 Å². The highest BCUT2D eigenvalue weighted by molar-refractivity contribution is 7.17. The van der Waals surface area contributed by atoms with E-state index in [-0.39, 0.29) is 5.56 Å². The van der Waals surface area contributed by atoms with E-state index in [4.69, 9.17) is 0 Å². The second kappa shape index (κ2) is 5.84. The predicted molar refractivity (Wildman–Crippen MR) is 88.5 cm³/mol. The first kappa shape index (κ1) is 14.6. The van der Waals surface area contributed by atoms with E-state index in [1.165, 1.54) is 11.3 Å². The topological polar surface area (TPSA) is 74.8 Å². The van der Waals surface area contributed by atoms with Gasteiger partial charge in [-0.3, -0.25) is 4.79 Å². The van der Waals surface area contributed by atoms with Crippen LogP contribution < -0.4 is 10.5 Å². The molecule has 3 rings (SSSR count). The molecule has 3 aromatic rings. The van der Waals surface area contributed by atoms with Crippen molar-refractivity contribution in [3.05, 3.63) is 45.2 Å². The van der Waals surface area contributed by atoms with E-state index in [9.17, 15) is 4.79 Å². The molecule has 0 saturated carbocycles. The molecule has 0 bridgehead atoms. The van der Waals surface area contributed by atoms with Crippen LogP contribution in [0.1, 0.15) is 24.1 Å². The fourth-order valence-electron chi connectivity index (χ4n) is 2.36. The molecule has 6 nitrogen and oxygen atoms in total. The maximum absolute atomic E-state index is 12.0. The lowest BCUT2D eigenvalue weighted by atomic mass is 10.2. The summed E-state index contributed by atoms with van der Waals surface area (Å²) in [5, 5.41) is 1.88. The number of aryl methyl sites for hydroxylation is 2. The highest BCUT2D eigenvalue weighted by Crippen LogP contribution is 2.19. The average Bonchev–Trinajstić information content (AvgIpc) is 2.96. The molecule has 0 fully saturated rings. The molecule has 22 heavy (non-hydrogen) atoms. The van der Waals surface area contributed by atoms with Crippen LogP contribution in [0.2, 0.25) is 0 Å². The number of thiophene rings is 1. The summed E-state index contributed by atoms with van der Waals surface area (Å²) >= 11 is 1.41. The number of nitrogens with zero attached hydrogens (tertiary/aromatic N) is 4. The summed E-state index contributed by atoms with van der Waals surface area (Å²) in [6.45, 7) is 4.43. The number of hydrogen-bond donors (Lipinski definition) is 1. The van der Waals surface area contributed by atoms with Gasteiger partial charge in [-0.2, -0.15) is 0 Å². The van der Waals surface area contributed by atoms with E-state index < -0.39 is 0 Å². The lowest BCUT2D eigenvalue weighted by Crippen LogP contribution is -2.23. The third-order valence-electron chi connectivity index (χ3n) is 3.46. The summed E-state index contributed by atoms with van der Waals surface area (Å²) < 4.78 is 0.665. The molecule has 3 heterocycles. The molecule has 0 aliphatic carbocycles. The summed E-state index contributed by atoms with van der Waals surface area (Å²) in [6.07, 6.45) is 2.71. The van der Waals surface area contributed by atoms with E-state index in [2.05, 4.69) is 26.9 Å². The molecule has 0 aromatic carbocycles. The van der Waals surface area contributed by atoms with Gasteiger partial charge in [-0.25, -0.2) is 15.0 Å². The number of fused-ring (bicyclic) bond motifs is 1. The minimum Gasteiger partial charge on any atom is -0.352 e. The Morgan fingerprint density at radius 2 is 2.18 bits per heavy atom. The van der Waals surface area contributed by atoms with Gasteiger partial charge in [0.15, 0.2) is 0 Å². The first-order valence-corrected chi connectivity index (χ1v) is 7.96. The number of H-pyrrole nitrogens is 1. The van der Waals surface area contributed by atoms with Gasteiger partial charge in [-0.1, -0.05) is 6.92 Å². The summed E-state index contributed by atoms with van der Waals surface area (Å²) in [6, 6.07) is 1.87. The molecule has 0 amide bonds. The fourth-order valence-corrected chi connectivity index (χ4v) is 3.08. The van der Waals surface area contributed by atoms with E-state index >= 15 is 0 Å². The predicted octanol–water partition coefficient (Wildman–Crippen LogP) is 2.28. The van der Waals surface area contributed by atoms with Crippen LogP contribution in [0.4, 0.5) is 5.82 Å². The number of aromatic nitrogens is 4. The molecular formula is C15H17N5OS. The second-order valence-electron chi connectivity index (χ2n) is 5.12. The Morgan fingerprint density at radius 3 is 2.95 bits per heavy atom. The van der Waals surface area contributed by atoms with Crippen LogP contribution in [-0.2, 0) is 13.0 Å². The van der Waals surface area contributed by atoms with Crippen LogP contribution in [0.25, 0.3) is 10.2 Å². The quantitative estimate of drug-likeness (QED) is 0.799. The minimum absolute atomic E-state index is 0.0852. The monoisotopic (exact) mass is 315 g/mol. The number of rotatable bonds is 4. The van der Waals surface area contributed by atoms with Crippen LogP contribution in [0.15, 0.2) is 22.4 Å². The van der Waals surface area contributed by atoms with Gasteiger partial charge in [0, 0.05) is 18.8 Å². The highest BCUT2D eigenvalue weighted by Gasteiger charge is 2.12. The molecule has 7 heteroatoms. The molecule has 0 saturated heterocycles. The van der Waals surface area contributed by atoms with Gasteiger partial charge < -0.3 is 9.88 Å². The van der Waals surface area contributed by atoms with E-state index in [1.54, 1.807) is 0 Å². The number of hydrogen-bond acceptors (Lipinski definition) is 6. The highest BCUT2D eigenvalue weighted by atomic mass is 32.1. The van der Waals surface area contributed by atoms with Crippen LogP contribution >= 0.6 is 11.3 Å². The third-order valence-corrected chi connectivity index (χ3v) is 4.36. The summed E-state index contributed by atoms with van der Waals surface area (Å²) in [5.74, 6) is 2.24. The Morgan fingerprint density at radius 1 is 1.36 bits per heavy atom. The molecule has 0 aliphatic rings. The Labute approximate surface area is 131 Å². The van der Waals surface area contributed by atoms with Crippen LogP contribution in [-0.4, -0.2) is 27.0 Å². The molecule has 0 atom stereocenters. The largest absolute Gasteiger partial charge is 0.352 e. The zero-order valence-corrected chi connectivity index (χ0v) is 13.6. The van der Waals surface area contributed by atoms with Crippen molar-refractivity contribution < 1.29 is 0 Å². The summed E-state index contributed by atoms with van der Waals surface area (Å²) in [5.41, 5.74) is 1.73. The Hall–Kier alpha value is -2.28. The molecule has 3 aromatic heterocycles. The van der Waals surface area contributed by atoms with Gasteiger partial charge in [0.2, 0.25) is 0 Å². The maximum Gasteiger partial charge on any atom is 0.268 e. The van der Waals surface area contributed by atoms with Crippen LogP contribution in [0, 0.1) is 6.92 Å². The average molecular weight is 315 g/mol. The molecular weight excluding hydrogens is 298 g/mol. The molecule has 114 valence electrons. The van der Waals surface area contributed by atoms with Gasteiger partial charge in [0.25, 0.3) is 5.56 Å². The molecule has 0 aliphatic heterocycles. The molecule has 1 N–H and O–H groups in total. The van der Waals surface area contributed by atoms with Crippen LogP contribution in [0.5, 0.6) is 0 Å². The molecule has 0 spiro atoms. The van der Waals surface area contributed by atoms with Gasteiger partial charge in [0.05, 0.1) is 12.1 Å². The van der Waals surface area contributed by atoms with E-state index in [0.717, 1.165) is 29.1 Å². The Kier molecular flexibility index (Phi) is 3.89. The second-order valence-corrected chi connectivity index (χ2v) is 6.04. The van der Waals surface area contributed by atoms with E-state index in [0.29, 0.717) is 17.1 Å². The molecule has 0 unspecified atom stereocenters. The number of anilines is 1. The Bertz CT molecular complexity index is 870. The molecule has 0 radical (unpaired) electrons. The van der Waals surface area contributed by atoms with E-state index in [1.807, 2.05) is 36.5 Å². The van der Waals surface area contributed by atoms with Crippen molar-refractivity contribution in [1.29, 1.82) is 0 Å². The minimum atomic E-state index is -0.0852. The SMILES string of the molecule is CCc1cnc(C)nc1N(C)Cc1nc2ccsc2c(=O)[nH]1. The first-order valence-electron chi connectivity index (χ1n) is 7.08. The van der Waals surface area contributed by atoms with Gasteiger partial charge >= 0.3 is 0 Å². The lowest BCUT2D eigenvalue weighted by molar-refractivity contribution is 0.808. The smallest absolute Gasteiger partial charge is 0.268 e. The van der Waals surface area contributed by atoms with Gasteiger partial charge in [-0.05, 0) is 24.8 Å². The van der Waals surface area contributed by atoms with Gasteiger partial charge in [-0.15, -0.1) is 11.3 Å². The summed E-state index contributed by atoms with van der Waals surface area (Å²) in [7, 11) is 1.94. The zero-order valence-electron chi connectivity index (χ0n) is 12.8. The van der Waals surface area contributed by atoms with Crippen molar-refractivity contribution >= 4 is 27.4 Å². The zero-order chi connectivity index (χ0) is 15.7. The van der Waals surface area contributed by atoms with Crippen molar-refractivity contribution in [2.45, 2.75) is 26.8 Å². The lowest BCUT2D eigenvalue weighted by Gasteiger charge is -2.20. The van der Waals surface area contributed by atoms with Crippen molar-refractivity contribution in [2.75, 3.05) is 11.9 Å². The van der Waals surface area contributed by atoms with Gasteiger partial charge in [0.1, 0.15) is 22.2 Å². The first-order chi connectivity index (χ1) is 10.6. The van der Waals surface area contributed by atoms with Crippen molar-refractivity contribution in [1.82, 2.24) is 19.9 Å². The summed E-state index contributed by atoms with van der Waals surface area (Å²) in [4.78, 5) is 30.1. The van der Waals surface area contributed by atoms with Crippen molar-refractivity contribution in [2.24, 2.45) is 0 Å². The maximum atomic E-state index is 12.0. The fraction of sp³-hybridized carbons (Fsp3) is 0.333. The standard InChI is InChI=1S/C15H17N5OS/c1-4-10-7-16-9(2)17-14(10)20(3)8-12-18-11-5-6-22-13(11)15(21)19-12/h5-7H,4,8H2,1-3H3,(H,18,19,21). The number of nitrogens with one attached hydrogen (secondary N) is 1. The van der Waals surface area contributed by atoms with Crippen molar-refractivity contribution in [3.8, 4) is 0 Å². The van der Waals surface area contributed by atoms with Crippen LogP contribution in [0.3, 0.4) is 0 Å². The normalized spacial score (nSPS) is 11.0. The number of aromatic amines is 1. The third kappa shape index (κ3) is 2.71.